The third-order valence-corrected chi connectivity index (χ3v) is 4.08. The second-order valence-electron chi connectivity index (χ2n) is 3.92. The summed E-state index contributed by atoms with van der Waals surface area (Å²) >= 11 is 5.80. The van der Waals surface area contributed by atoms with Crippen LogP contribution in [0.2, 0.25) is 5.02 Å². The van der Waals surface area contributed by atoms with Gasteiger partial charge in [-0.25, -0.2) is 8.42 Å². The molecule has 0 bridgehead atoms. The lowest BCUT2D eigenvalue weighted by Gasteiger charge is -2.09. The minimum absolute atomic E-state index is 0.0963. The molecule has 0 radical (unpaired) electrons. The molecule has 0 aliphatic heterocycles. The highest BCUT2D eigenvalue weighted by atomic mass is 35.5. The molecular formula is C13H12ClNO3S. The predicted molar refractivity (Wildman–Crippen MR) is 74.6 cm³/mol. The molecule has 0 fully saturated rings. The van der Waals surface area contributed by atoms with Gasteiger partial charge in [0.2, 0.25) is 0 Å². The second-order valence-corrected chi connectivity index (χ2v) is 6.04. The number of sulfonamides is 1. The normalized spacial score (nSPS) is 11.3. The summed E-state index contributed by atoms with van der Waals surface area (Å²) in [7, 11) is -3.68. The lowest BCUT2D eigenvalue weighted by Crippen LogP contribution is -2.13. The molecule has 0 aliphatic carbocycles. The Balaban J connectivity index is 2.32. The predicted octanol–water partition coefficient (Wildman–Crippen LogP) is 2.63. The summed E-state index contributed by atoms with van der Waals surface area (Å²) < 4.78 is 26.7. The fraction of sp³-hybridized carbons (Fsp3) is 0.0769. The summed E-state index contributed by atoms with van der Waals surface area (Å²) in [5.74, 6) is 0. The first-order valence-corrected chi connectivity index (χ1v) is 7.35. The Morgan fingerprint density at radius 1 is 1.11 bits per heavy atom. The van der Waals surface area contributed by atoms with Gasteiger partial charge < -0.3 is 5.11 Å². The van der Waals surface area contributed by atoms with Gasteiger partial charge in [0.05, 0.1) is 17.2 Å². The van der Waals surface area contributed by atoms with Crippen molar-refractivity contribution in [1.82, 2.24) is 0 Å². The van der Waals surface area contributed by atoms with E-state index in [1.165, 1.54) is 18.2 Å². The van der Waals surface area contributed by atoms with Gasteiger partial charge in [-0.15, -0.1) is 0 Å². The maximum absolute atomic E-state index is 12.1. The van der Waals surface area contributed by atoms with E-state index in [9.17, 15) is 8.42 Å². The average Bonchev–Trinajstić information content (AvgIpc) is 2.38. The Kier molecular flexibility index (Phi) is 4.09. The van der Waals surface area contributed by atoms with Crippen LogP contribution >= 0.6 is 11.6 Å². The summed E-state index contributed by atoms with van der Waals surface area (Å²) in [5.41, 5.74) is 0.927. The molecule has 0 aliphatic rings. The quantitative estimate of drug-likeness (QED) is 0.911. The molecule has 6 heteroatoms. The van der Waals surface area contributed by atoms with E-state index in [4.69, 9.17) is 16.7 Å². The second kappa shape index (κ2) is 5.61. The number of nitrogens with one attached hydrogen (secondary N) is 1. The number of rotatable bonds is 4. The number of aliphatic hydroxyl groups excluding tert-OH is 1. The monoisotopic (exact) mass is 297 g/mol. The topological polar surface area (TPSA) is 66.4 Å². The maximum Gasteiger partial charge on any atom is 0.261 e. The Labute approximate surface area is 116 Å². The van der Waals surface area contributed by atoms with Gasteiger partial charge in [-0.05, 0) is 35.9 Å². The third-order valence-electron chi connectivity index (χ3n) is 2.47. The van der Waals surface area contributed by atoms with E-state index in [0.29, 0.717) is 16.3 Å². The average molecular weight is 298 g/mol. The van der Waals surface area contributed by atoms with Crippen LogP contribution < -0.4 is 4.72 Å². The van der Waals surface area contributed by atoms with Crippen molar-refractivity contribution >= 4 is 27.3 Å². The van der Waals surface area contributed by atoms with Crippen molar-refractivity contribution in [2.75, 3.05) is 4.72 Å². The first-order valence-electron chi connectivity index (χ1n) is 5.49. The van der Waals surface area contributed by atoms with Crippen molar-refractivity contribution < 1.29 is 13.5 Å². The van der Waals surface area contributed by atoms with Gasteiger partial charge in [-0.2, -0.15) is 0 Å². The summed E-state index contributed by atoms with van der Waals surface area (Å²) in [4.78, 5) is 0.0963. The highest BCUT2D eigenvalue weighted by Gasteiger charge is 2.14. The highest BCUT2D eigenvalue weighted by molar-refractivity contribution is 7.92. The van der Waals surface area contributed by atoms with Gasteiger partial charge in [0, 0.05) is 5.02 Å². The lowest BCUT2D eigenvalue weighted by atomic mass is 10.2. The molecule has 4 nitrogen and oxygen atoms in total. The van der Waals surface area contributed by atoms with Gasteiger partial charge in [-0.3, -0.25) is 4.72 Å². The molecule has 0 spiro atoms. The van der Waals surface area contributed by atoms with E-state index >= 15 is 0 Å². The van der Waals surface area contributed by atoms with Gasteiger partial charge in [0.1, 0.15) is 0 Å². The largest absolute Gasteiger partial charge is 0.392 e. The summed E-state index contributed by atoms with van der Waals surface area (Å²) in [6.45, 7) is -0.208. The molecule has 2 aromatic carbocycles. The first-order chi connectivity index (χ1) is 9.01. The Hall–Kier alpha value is -1.56. The highest BCUT2D eigenvalue weighted by Crippen LogP contribution is 2.20. The molecule has 100 valence electrons. The maximum atomic E-state index is 12.1. The van der Waals surface area contributed by atoms with Crippen LogP contribution in [0.5, 0.6) is 0 Å². The molecule has 0 saturated carbocycles. The van der Waals surface area contributed by atoms with Gasteiger partial charge >= 0.3 is 0 Å². The number of benzene rings is 2. The molecule has 0 unspecified atom stereocenters. The van der Waals surface area contributed by atoms with Crippen molar-refractivity contribution in [2.45, 2.75) is 11.5 Å². The van der Waals surface area contributed by atoms with Gasteiger partial charge in [-0.1, -0.05) is 29.8 Å². The molecule has 2 aromatic rings. The molecule has 0 atom stereocenters. The van der Waals surface area contributed by atoms with E-state index in [0.717, 1.165) is 0 Å². The molecule has 2 rings (SSSR count). The van der Waals surface area contributed by atoms with E-state index in [-0.39, 0.29) is 11.5 Å². The third kappa shape index (κ3) is 3.47. The van der Waals surface area contributed by atoms with E-state index < -0.39 is 10.0 Å². The van der Waals surface area contributed by atoms with Crippen LogP contribution in [-0.4, -0.2) is 13.5 Å². The number of hydrogen-bond donors (Lipinski definition) is 2. The molecule has 0 aromatic heterocycles. The van der Waals surface area contributed by atoms with E-state index in [1.54, 1.807) is 30.3 Å². The van der Waals surface area contributed by atoms with Crippen LogP contribution in [0.1, 0.15) is 5.56 Å². The zero-order valence-corrected chi connectivity index (χ0v) is 11.4. The zero-order chi connectivity index (χ0) is 13.9. The van der Waals surface area contributed by atoms with Crippen LogP contribution in [0.15, 0.2) is 53.4 Å². The van der Waals surface area contributed by atoms with E-state index in [2.05, 4.69) is 4.72 Å². The smallest absolute Gasteiger partial charge is 0.261 e. The molecule has 0 heterocycles. The Bertz CT molecular complexity index is 686. The number of anilines is 1. The number of aliphatic hydroxyl groups is 1. The summed E-state index contributed by atoms with van der Waals surface area (Å²) in [6.07, 6.45) is 0. The molecular weight excluding hydrogens is 286 g/mol. The summed E-state index contributed by atoms with van der Waals surface area (Å²) in [5, 5.41) is 9.47. The molecule has 19 heavy (non-hydrogen) atoms. The minimum Gasteiger partial charge on any atom is -0.392 e. The zero-order valence-electron chi connectivity index (χ0n) is 9.88. The standard InChI is InChI=1S/C13H12ClNO3S/c14-11-4-2-5-12(8-11)15-19(17,18)13-6-1-3-10(7-13)9-16/h1-8,15-16H,9H2. The van der Waals surface area contributed by atoms with Crippen LogP contribution in [0, 0.1) is 0 Å². The first kappa shape index (κ1) is 13.9. The van der Waals surface area contributed by atoms with Crippen molar-refractivity contribution in [1.29, 1.82) is 0 Å². The van der Waals surface area contributed by atoms with E-state index in [1.807, 2.05) is 0 Å². The van der Waals surface area contributed by atoms with Crippen LogP contribution in [-0.2, 0) is 16.6 Å². The molecule has 0 saturated heterocycles. The Morgan fingerprint density at radius 3 is 2.53 bits per heavy atom. The van der Waals surface area contributed by atoms with Crippen molar-refractivity contribution in [3.63, 3.8) is 0 Å². The van der Waals surface area contributed by atoms with Crippen LogP contribution in [0.3, 0.4) is 0 Å². The summed E-state index contributed by atoms with van der Waals surface area (Å²) in [6, 6.07) is 12.6. The molecule has 2 N–H and O–H groups in total. The number of halogens is 1. The van der Waals surface area contributed by atoms with Gasteiger partial charge in [0.15, 0.2) is 0 Å². The van der Waals surface area contributed by atoms with Crippen molar-refractivity contribution in [2.24, 2.45) is 0 Å². The SMILES string of the molecule is O=S(=O)(Nc1cccc(Cl)c1)c1cccc(CO)c1. The molecule has 0 amide bonds. The van der Waals surface area contributed by atoms with Crippen LogP contribution in [0.25, 0.3) is 0 Å². The minimum atomic E-state index is -3.68. The van der Waals surface area contributed by atoms with Crippen molar-refractivity contribution in [3.05, 3.63) is 59.1 Å². The fourth-order valence-corrected chi connectivity index (χ4v) is 2.89. The number of hydrogen-bond acceptors (Lipinski definition) is 3. The fourth-order valence-electron chi connectivity index (χ4n) is 1.58. The lowest BCUT2D eigenvalue weighted by molar-refractivity contribution is 0.281. The Morgan fingerprint density at radius 2 is 1.84 bits per heavy atom. The van der Waals surface area contributed by atoms with Crippen LogP contribution in [0.4, 0.5) is 5.69 Å². The van der Waals surface area contributed by atoms with Gasteiger partial charge in [0.25, 0.3) is 10.0 Å². The van der Waals surface area contributed by atoms with Crippen molar-refractivity contribution in [3.8, 4) is 0 Å².